The standard InChI is InChI=1S/C11H14N4S2/c1-7-4-9(5-12-3)6-13-10(7)17-11-15-14-8(2)16-11/h4,6,12H,5H2,1-3H3. The number of rotatable bonds is 4. The molecule has 0 aliphatic rings. The molecule has 0 amide bonds. The van der Waals surface area contributed by atoms with E-state index in [9.17, 15) is 0 Å². The summed E-state index contributed by atoms with van der Waals surface area (Å²) in [6.45, 7) is 4.87. The van der Waals surface area contributed by atoms with Gasteiger partial charge in [0.05, 0.1) is 0 Å². The average molecular weight is 266 g/mol. The maximum atomic E-state index is 4.46. The number of pyridine rings is 1. The Morgan fingerprint density at radius 2 is 2.18 bits per heavy atom. The minimum absolute atomic E-state index is 0.844. The smallest absolute Gasteiger partial charge is 0.180 e. The lowest BCUT2D eigenvalue weighted by Crippen LogP contribution is -2.05. The second kappa shape index (κ2) is 5.57. The van der Waals surface area contributed by atoms with Crippen LogP contribution < -0.4 is 5.32 Å². The van der Waals surface area contributed by atoms with Crippen molar-refractivity contribution in [2.45, 2.75) is 29.8 Å². The van der Waals surface area contributed by atoms with Crippen molar-refractivity contribution in [1.29, 1.82) is 0 Å². The number of nitrogens with zero attached hydrogens (tertiary/aromatic N) is 3. The minimum atomic E-state index is 0.844. The van der Waals surface area contributed by atoms with Gasteiger partial charge in [0, 0.05) is 12.7 Å². The molecule has 2 aromatic rings. The average Bonchev–Trinajstić information content (AvgIpc) is 2.69. The molecule has 0 fully saturated rings. The highest BCUT2D eigenvalue weighted by Crippen LogP contribution is 2.30. The van der Waals surface area contributed by atoms with Gasteiger partial charge in [0.25, 0.3) is 0 Å². The van der Waals surface area contributed by atoms with E-state index in [-0.39, 0.29) is 0 Å². The largest absolute Gasteiger partial charge is 0.316 e. The molecule has 2 rings (SSSR count). The van der Waals surface area contributed by atoms with E-state index in [0.717, 1.165) is 20.9 Å². The molecule has 0 spiro atoms. The van der Waals surface area contributed by atoms with Crippen LogP contribution in [0.3, 0.4) is 0 Å². The Morgan fingerprint density at radius 1 is 1.35 bits per heavy atom. The van der Waals surface area contributed by atoms with Crippen molar-refractivity contribution in [3.05, 3.63) is 28.4 Å². The molecule has 0 bridgehead atoms. The number of hydrogen-bond acceptors (Lipinski definition) is 6. The Balaban J connectivity index is 2.16. The normalized spacial score (nSPS) is 10.8. The molecule has 0 aliphatic heterocycles. The molecular formula is C11H14N4S2. The van der Waals surface area contributed by atoms with E-state index in [1.165, 1.54) is 11.1 Å². The van der Waals surface area contributed by atoms with Crippen LogP contribution in [-0.2, 0) is 6.54 Å². The summed E-state index contributed by atoms with van der Waals surface area (Å²) in [4.78, 5) is 4.46. The number of aryl methyl sites for hydroxylation is 2. The lowest BCUT2D eigenvalue weighted by molar-refractivity contribution is 0.806. The zero-order valence-electron chi connectivity index (χ0n) is 10.0. The van der Waals surface area contributed by atoms with Crippen molar-refractivity contribution in [3.63, 3.8) is 0 Å². The lowest BCUT2D eigenvalue weighted by Gasteiger charge is -2.05. The van der Waals surface area contributed by atoms with Gasteiger partial charge in [-0.25, -0.2) is 4.98 Å². The van der Waals surface area contributed by atoms with E-state index in [0.29, 0.717) is 0 Å². The molecule has 0 atom stereocenters. The summed E-state index contributed by atoms with van der Waals surface area (Å²) in [5, 5.41) is 13.2. The van der Waals surface area contributed by atoms with Gasteiger partial charge in [-0.05, 0) is 43.8 Å². The molecule has 6 heteroatoms. The first kappa shape index (κ1) is 12.5. The minimum Gasteiger partial charge on any atom is -0.316 e. The summed E-state index contributed by atoms with van der Waals surface area (Å²) in [5.74, 6) is 0. The fraction of sp³-hybridized carbons (Fsp3) is 0.364. The van der Waals surface area contributed by atoms with Crippen molar-refractivity contribution in [3.8, 4) is 0 Å². The molecule has 1 N–H and O–H groups in total. The third-order valence-corrected chi connectivity index (χ3v) is 4.17. The molecule has 90 valence electrons. The van der Waals surface area contributed by atoms with Crippen molar-refractivity contribution < 1.29 is 0 Å². The summed E-state index contributed by atoms with van der Waals surface area (Å²) in [6.07, 6.45) is 1.90. The van der Waals surface area contributed by atoms with E-state index in [1.807, 2.05) is 20.2 Å². The molecule has 0 unspecified atom stereocenters. The zero-order valence-corrected chi connectivity index (χ0v) is 11.7. The maximum Gasteiger partial charge on any atom is 0.180 e. The van der Waals surface area contributed by atoms with Crippen LogP contribution in [0, 0.1) is 13.8 Å². The Morgan fingerprint density at radius 3 is 2.76 bits per heavy atom. The van der Waals surface area contributed by atoms with Crippen LogP contribution in [0.25, 0.3) is 0 Å². The second-order valence-corrected chi connectivity index (χ2v) is 6.10. The number of aromatic nitrogens is 3. The van der Waals surface area contributed by atoms with Crippen LogP contribution >= 0.6 is 23.1 Å². The lowest BCUT2D eigenvalue weighted by atomic mass is 10.2. The first-order valence-corrected chi connectivity index (χ1v) is 6.90. The van der Waals surface area contributed by atoms with Gasteiger partial charge in [0.15, 0.2) is 4.34 Å². The van der Waals surface area contributed by atoms with Crippen LogP contribution in [0.1, 0.15) is 16.1 Å². The third kappa shape index (κ3) is 3.24. The highest BCUT2D eigenvalue weighted by Gasteiger charge is 2.07. The molecule has 17 heavy (non-hydrogen) atoms. The van der Waals surface area contributed by atoms with Gasteiger partial charge >= 0.3 is 0 Å². The maximum absolute atomic E-state index is 4.46. The predicted molar refractivity (Wildman–Crippen MR) is 70.5 cm³/mol. The quantitative estimate of drug-likeness (QED) is 0.921. The molecule has 0 saturated heterocycles. The highest BCUT2D eigenvalue weighted by molar-refractivity contribution is 8.01. The first-order valence-electron chi connectivity index (χ1n) is 5.27. The molecule has 0 radical (unpaired) electrons. The van der Waals surface area contributed by atoms with Crippen LogP contribution in [0.15, 0.2) is 21.6 Å². The second-order valence-electron chi connectivity index (χ2n) is 3.68. The van der Waals surface area contributed by atoms with E-state index < -0.39 is 0 Å². The molecule has 0 saturated carbocycles. The summed E-state index contributed by atoms with van der Waals surface area (Å²) < 4.78 is 0.944. The molecule has 4 nitrogen and oxygen atoms in total. The van der Waals surface area contributed by atoms with Crippen molar-refractivity contribution in [2.75, 3.05) is 7.05 Å². The zero-order chi connectivity index (χ0) is 12.3. The predicted octanol–water partition coefficient (Wildman–Crippen LogP) is 2.42. The van der Waals surface area contributed by atoms with Gasteiger partial charge in [0.2, 0.25) is 0 Å². The summed E-state index contributed by atoms with van der Waals surface area (Å²) >= 11 is 3.17. The van der Waals surface area contributed by atoms with Crippen LogP contribution in [0.2, 0.25) is 0 Å². The van der Waals surface area contributed by atoms with Crippen molar-refractivity contribution in [1.82, 2.24) is 20.5 Å². The van der Waals surface area contributed by atoms with Crippen LogP contribution in [0.5, 0.6) is 0 Å². The van der Waals surface area contributed by atoms with E-state index in [4.69, 9.17) is 0 Å². The molecular weight excluding hydrogens is 252 g/mol. The number of nitrogens with one attached hydrogen (secondary N) is 1. The highest BCUT2D eigenvalue weighted by atomic mass is 32.2. The molecule has 2 aromatic heterocycles. The SMILES string of the molecule is CNCc1cnc(Sc2nnc(C)s2)c(C)c1. The third-order valence-electron chi connectivity index (χ3n) is 2.16. The van der Waals surface area contributed by atoms with Gasteiger partial charge in [0.1, 0.15) is 10.0 Å². The number of hydrogen-bond donors (Lipinski definition) is 1. The summed E-state index contributed by atoms with van der Waals surface area (Å²) in [7, 11) is 1.93. The Labute approximate surface area is 109 Å². The fourth-order valence-corrected chi connectivity index (χ4v) is 3.18. The van der Waals surface area contributed by atoms with Crippen LogP contribution in [-0.4, -0.2) is 22.2 Å². The molecule has 2 heterocycles. The Bertz CT molecular complexity index is 510. The molecule has 0 aromatic carbocycles. The Kier molecular flexibility index (Phi) is 4.09. The van der Waals surface area contributed by atoms with Gasteiger partial charge in [-0.1, -0.05) is 17.4 Å². The van der Waals surface area contributed by atoms with Gasteiger partial charge in [-0.15, -0.1) is 10.2 Å². The van der Waals surface area contributed by atoms with E-state index in [2.05, 4.69) is 33.5 Å². The van der Waals surface area contributed by atoms with E-state index >= 15 is 0 Å². The fourth-order valence-electron chi connectivity index (χ4n) is 1.43. The van der Waals surface area contributed by atoms with Gasteiger partial charge < -0.3 is 5.32 Å². The molecule has 0 aliphatic carbocycles. The first-order chi connectivity index (χ1) is 8.19. The van der Waals surface area contributed by atoms with Crippen LogP contribution in [0.4, 0.5) is 0 Å². The van der Waals surface area contributed by atoms with Crippen molar-refractivity contribution >= 4 is 23.1 Å². The van der Waals surface area contributed by atoms with Crippen molar-refractivity contribution in [2.24, 2.45) is 0 Å². The van der Waals surface area contributed by atoms with Gasteiger partial charge in [-0.3, -0.25) is 0 Å². The monoisotopic (exact) mass is 266 g/mol. The topological polar surface area (TPSA) is 50.7 Å². The van der Waals surface area contributed by atoms with E-state index in [1.54, 1.807) is 23.1 Å². The summed E-state index contributed by atoms with van der Waals surface area (Å²) in [5.41, 5.74) is 2.37. The van der Waals surface area contributed by atoms with Gasteiger partial charge in [-0.2, -0.15) is 0 Å². The summed E-state index contributed by atoms with van der Waals surface area (Å²) in [6, 6.07) is 2.15. The Hall–Kier alpha value is -0.980.